The molecule has 0 aliphatic carbocycles. The predicted octanol–water partition coefficient (Wildman–Crippen LogP) is 4.11. The van der Waals surface area contributed by atoms with Crippen LogP contribution < -0.4 is 5.32 Å². The van der Waals surface area contributed by atoms with Crippen molar-refractivity contribution in [1.82, 2.24) is 4.90 Å². The quantitative estimate of drug-likeness (QED) is 0.653. The van der Waals surface area contributed by atoms with Crippen molar-refractivity contribution in [3.63, 3.8) is 0 Å². The van der Waals surface area contributed by atoms with E-state index in [0.717, 1.165) is 24.1 Å². The molecular weight excluding hydrogens is 355 g/mol. The van der Waals surface area contributed by atoms with Crippen LogP contribution in [0, 0.1) is 11.3 Å². The fourth-order valence-corrected chi connectivity index (χ4v) is 2.92. The van der Waals surface area contributed by atoms with Gasteiger partial charge in [-0.15, -0.1) is 0 Å². The monoisotopic (exact) mass is 371 g/mol. The number of hydrogen-bond acceptors (Lipinski definition) is 3. The summed E-state index contributed by atoms with van der Waals surface area (Å²) in [5, 5.41) is 11.7. The molecule has 0 fully saturated rings. The predicted molar refractivity (Wildman–Crippen MR) is 94.3 cm³/mol. The number of nitrogens with zero attached hydrogens (tertiary/aromatic N) is 2. The van der Waals surface area contributed by atoms with Crippen LogP contribution in [-0.2, 0) is 23.9 Å². The minimum absolute atomic E-state index is 0.0139. The molecule has 1 N–H and O–H groups in total. The number of benzene rings is 2. The van der Waals surface area contributed by atoms with E-state index in [-0.39, 0.29) is 11.3 Å². The highest BCUT2D eigenvalue weighted by Gasteiger charge is 2.30. The molecule has 27 heavy (non-hydrogen) atoms. The number of halogens is 3. The molecule has 1 heterocycles. The molecule has 1 amide bonds. The Morgan fingerprint density at radius 1 is 1.15 bits per heavy atom. The number of alkyl halides is 3. The third kappa shape index (κ3) is 4.47. The van der Waals surface area contributed by atoms with Crippen molar-refractivity contribution in [2.75, 3.05) is 11.9 Å². The summed E-state index contributed by atoms with van der Waals surface area (Å²) in [6.45, 7) is 1.22. The molecule has 0 spiro atoms. The van der Waals surface area contributed by atoms with Crippen LogP contribution in [0.4, 0.5) is 18.9 Å². The number of rotatable bonds is 3. The van der Waals surface area contributed by atoms with Crippen LogP contribution in [0.1, 0.15) is 16.7 Å². The molecule has 1 aliphatic heterocycles. The minimum Gasteiger partial charge on any atom is -0.371 e. The van der Waals surface area contributed by atoms with Crippen LogP contribution in [0.3, 0.4) is 0 Å². The zero-order valence-corrected chi connectivity index (χ0v) is 14.3. The lowest BCUT2D eigenvalue weighted by Crippen LogP contribution is -2.27. The van der Waals surface area contributed by atoms with Gasteiger partial charge in [-0.2, -0.15) is 18.4 Å². The van der Waals surface area contributed by atoms with E-state index in [0.29, 0.717) is 13.1 Å². The van der Waals surface area contributed by atoms with Gasteiger partial charge in [0.2, 0.25) is 0 Å². The molecular formula is C20H16F3N3O. The van der Waals surface area contributed by atoms with E-state index in [9.17, 15) is 23.2 Å². The van der Waals surface area contributed by atoms with E-state index in [2.05, 4.69) is 5.32 Å². The van der Waals surface area contributed by atoms with Gasteiger partial charge in [0.1, 0.15) is 11.6 Å². The van der Waals surface area contributed by atoms with Crippen LogP contribution in [0.5, 0.6) is 0 Å². The number of carbonyl (C=O) groups excluding carboxylic acids is 1. The third-order valence-electron chi connectivity index (χ3n) is 4.28. The molecule has 138 valence electrons. The van der Waals surface area contributed by atoms with Crippen molar-refractivity contribution in [2.45, 2.75) is 19.1 Å². The van der Waals surface area contributed by atoms with Gasteiger partial charge in [-0.3, -0.25) is 4.79 Å². The smallest absolute Gasteiger partial charge is 0.371 e. The lowest BCUT2D eigenvalue weighted by molar-refractivity contribution is -0.137. The first kappa shape index (κ1) is 18.5. The van der Waals surface area contributed by atoms with Gasteiger partial charge in [-0.05, 0) is 35.7 Å². The number of carbonyl (C=O) groups is 1. The van der Waals surface area contributed by atoms with Crippen LogP contribution in [0.15, 0.2) is 60.3 Å². The normalized spacial score (nSPS) is 14.3. The van der Waals surface area contributed by atoms with E-state index in [4.69, 9.17) is 0 Å². The maximum atomic E-state index is 12.8. The van der Waals surface area contributed by atoms with Crippen molar-refractivity contribution in [3.8, 4) is 6.07 Å². The minimum atomic E-state index is -4.50. The Morgan fingerprint density at radius 3 is 2.59 bits per heavy atom. The molecule has 0 bridgehead atoms. The highest BCUT2D eigenvalue weighted by Crippen LogP contribution is 2.30. The van der Waals surface area contributed by atoms with Gasteiger partial charge in [-0.1, -0.05) is 30.3 Å². The van der Waals surface area contributed by atoms with Crippen molar-refractivity contribution in [2.24, 2.45) is 0 Å². The summed E-state index contributed by atoms with van der Waals surface area (Å²) in [6.07, 6.45) is -2.25. The van der Waals surface area contributed by atoms with Gasteiger partial charge >= 0.3 is 6.18 Å². The van der Waals surface area contributed by atoms with Crippen molar-refractivity contribution >= 4 is 11.6 Å². The summed E-state index contributed by atoms with van der Waals surface area (Å²) in [6, 6.07) is 14.1. The molecule has 0 unspecified atom stereocenters. The Kier molecular flexibility index (Phi) is 5.17. The van der Waals surface area contributed by atoms with Gasteiger partial charge in [0, 0.05) is 25.0 Å². The molecule has 0 radical (unpaired) electrons. The van der Waals surface area contributed by atoms with Gasteiger partial charge < -0.3 is 10.2 Å². The lowest BCUT2D eigenvalue weighted by atomic mass is 10.0. The fourth-order valence-electron chi connectivity index (χ4n) is 2.92. The zero-order chi connectivity index (χ0) is 19.4. The Morgan fingerprint density at radius 2 is 1.89 bits per heavy atom. The molecule has 4 nitrogen and oxygen atoms in total. The summed E-state index contributed by atoms with van der Waals surface area (Å²) >= 11 is 0. The summed E-state index contributed by atoms with van der Waals surface area (Å²) in [5.41, 5.74) is 1.31. The second-order valence-electron chi connectivity index (χ2n) is 6.18. The summed E-state index contributed by atoms with van der Waals surface area (Å²) < 4.78 is 38.3. The second kappa shape index (κ2) is 7.54. The van der Waals surface area contributed by atoms with E-state index in [1.54, 1.807) is 0 Å². The molecule has 0 atom stereocenters. The highest BCUT2D eigenvalue weighted by atomic mass is 19.4. The van der Waals surface area contributed by atoms with Gasteiger partial charge in [0.15, 0.2) is 0 Å². The van der Waals surface area contributed by atoms with E-state index in [1.807, 2.05) is 35.2 Å². The van der Waals surface area contributed by atoms with Gasteiger partial charge in [0.05, 0.1) is 5.56 Å². The van der Waals surface area contributed by atoms with Crippen LogP contribution >= 0.6 is 0 Å². The summed E-state index contributed by atoms with van der Waals surface area (Å²) in [4.78, 5) is 14.2. The van der Waals surface area contributed by atoms with Gasteiger partial charge in [0.25, 0.3) is 5.91 Å². The standard InChI is InChI=1S/C20H16F3N3O/c21-20(22,23)17-6-3-7-18(10-17)25-19(27)16(11-24)13-26-9-8-14-4-1-2-5-15(14)12-26/h1-7,10,13H,8-9,12H2,(H,25,27)/b16-13-. The maximum Gasteiger partial charge on any atom is 0.416 e. The highest BCUT2D eigenvalue weighted by molar-refractivity contribution is 6.06. The number of fused-ring (bicyclic) bond motifs is 1. The van der Waals surface area contributed by atoms with E-state index in [1.165, 1.54) is 23.9 Å². The molecule has 2 aromatic rings. The Labute approximate surface area is 154 Å². The summed E-state index contributed by atoms with van der Waals surface area (Å²) in [7, 11) is 0. The van der Waals surface area contributed by atoms with E-state index >= 15 is 0 Å². The number of nitriles is 1. The van der Waals surface area contributed by atoms with Crippen molar-refractivity contribution in [3.05, 3.63) is 77.0 Å². The zero-order valence-electron chi connectivity index (χ0n) is 14.3. The molecule has 0 saturated carbocycles. The average Bonchev–Trinajstić information content (AvgIpc) is 2.65. The first-order valence-electron chi connectivity index (χ1n) is 8.28. The van der Waals surface area contributed by atoms with E-state index < -0.39 is 17.6 Å². The lowest BCUT2D eigenvalue weighted by Gasteiger charge is -2.27. The van der Waals surface area contributed by atoms with Gasteiger partial charge in [-0.25, -0.2) is 0 Å². The number of nitrogens with one attached hydrogen (secondary N) is 1. The average molecular weight is 371 g/mol. The van der Waals surface area contributed by atoms with Crippen LogP contribution in [-0.4, -0.2) is 17.4 Å². The molecule has 0 aromatic heterocycles. The van der Waals surface area contributed by atoms with Crippen LogP contribution in [0.25, 0.3) is 0 Å². The van der Waals surface area contributed by atoms with Crippen molar-refractivity contribution < 1.29 is 18.0 Å². The number of hydrogen-bond donors (Lipinski definition) is 1. The molecule has 1 aliphatic rings. The number of amides is 1. The fraction of sp³-hybridized carbons (Fsp3) is 0.200. The summed E-state index contributed by atoms with van der Waals surface area (Å²) in [5.74, 6) is -0.740. The first-order valence-corrected chi connectivity index (χ1v) is 8.28. The van der Waals surface area contributed by atoms with Crippen molar-refractivity contribution in [1.29, 1.82) is 5.26 Å². The number of anilines is 1. The maximum absolute atomic E-state index is 12.8. The molecule has 0 saturated heterocycles. The third-order valence-corrected chi connectivity index (χ3v) is 4.28. The Balaban J connectivity index is 1.74. The molecule has 7 heteroatoms. The Hall–Kier alpha value is -3.27. The molecule has 2 aromatic carbocycles. The first-order chi connectivity index (χ1) is 12.9. The topological polar surface area (TPSA) is 56.1 Å². The largest absolute Gasteiger partial charge is 0.416 e. The molecule has 3 rings (SSSR count). The Bertz CT molecular complexity index is 929. The second-order valence-corrected chi connectivity index (χ2v) is 6.18. The SMILES string of the molecule is N#C/C(=C/N1CCc2ccccc2C1)C(=O)Nc1cccc(C(F)(F)F)c1. The van der Waals surface area contributed by atoms with Crippen LogP contribution in [0.2, 0.25) is 0 Å².